The number of carbonyl (C=O) groups is 1. The summed E-state index contributed by atoms with van der Waals surface area (Å²) in [5.41, 5.74) is 2.24. The van der Waals surface area contributed by atoms with E-state index in [1.807, 2.05) is 43.3 Å². The van der Waals surface area contributed by atoms with Crippen LogP contribution < -0.4 is 5.32 Å². The maximum atomic E-state index is 12.6. The molecule has 6 heteroatoms. The maximum Gasteiger partial charge on any atom is 0.227 e. The number of nitrogens with one attached hydrogen (secondary N) is 1. The zero-order chi connectivity index (χ0) is 18.9. The lowest BCUT2D eigenvalue weighted by Crippen LogP contribution is -2.16. The highest BCUT2D eigenvalue weighted by atomic mass is 32.1. The van der Waals surface area contributed by atoms with Gasteiger partial charge in [0.05, 0.1) is 6.61 Å². The average molecular weight is 382 g/mol. The minimum atomic E-state index is -0.0692. The Hall–Kier alpha value is -2.57. The van der Waals surface area contributed by atoms with E-state index >= 15 is 0 Å². The number of amides is 1. The molecule has 0 bridgehead atoms. The van der Waals surface area contributed by atoms with E-state index in [9.17, 15) is 4.79 Å². The molecular weight excluding hydrogens is 358 g/mol. The molecule has 0 aliphatic carbocycles. The highest BCUT2D eigenvalue weighted by Gasteiger charge is 2.19. The van der Waals surface area contributed by atoms with Gasteiger partial charge in [0.25, 0.3) is 0 Å². The Morgan fingerprint density at radius 3 is 2.26 bits per heavy atom. The third-order valence-electron chi connectivity index (χ3n) is 4.17. The molecule has 0 radical (unpaired) electrons. The van der Waals surface area contributed by atoms with Crippen LogP contribution in [0.4, 0.5) is 5.13 Å². The van der Waals surface area contributed by atoms with Gasteiger partial charge in [-0.25, -0.2) is 0 Å². The van der Waals surface area contributed by atoms with E-state index in [1.165, 1.54) is 11.3 Å². The monoisotopic (exact) mass is 381 g/mol. The van der Waals surface area contributed by atoms with Gasteiger partial charge in [0.2, 0.25) is 11.0 Å². The van der Waals surface area contributed by atoms with E-state index in [-0.39, 0.29) is 11.8 Å². The molecule has 0 saturated heterocycles. The summed E-state index contributed by atoms with van der Waals surface area (Å²) in [4.78, 5) is 12.6. The first-order valence-corrected chi connectivity index (χ1v) is 9.87. The molecule has 0 unspecified atom stereocenters. The van der Waals surface area contributed by atoms with Gasteiger partial charge in [-0.05, 0) is 18.1 Å². The van der Waals surface area contributed by atoms with Crippen LogP contribution in [0.15, 0.2) is 60.7 Å². The molecule has 0 aliphatic rings. The molecule has 0 atom stereocenters. The molecule has 1 heterocycles. The van der Waals surface area contributed by atoms with Crippen molar-refractivity contribution in [2.24, 2.45) is 0 Å². The van der Waals surface area contributed by atoms with Gasteiger partial charge in [0, 0.05) is 25.4 Å². The topological polar surface area (TPSA) is 64.1 Å². The largest absolute Gasteiger partial charge is 0.381 e. The highest BCUT2D eigenvalue weighted by molar-refractivity contribution is 7.15. The van der Waals surface area contributed by atoms with Crippen LogP contribution >= 0.6 is 11.3 Å². The Morgan fingerprint density at radius 1 is 1.04 bits per heavy atom. The smallest absolute Gasteiger partial charge is 0.227 e. The predicted molar refractivity (Wildman–Crippen MR) is 108 cm³/mol. The summed E-state index contributed by atoms with van der Waals surface area (Å²) in [6.07, 6.45) is 1.06. The maximum absolute atomic E-state index is 12.6. The average Bonchev–Trinajstić information content (AvgIpc) is 3.15. The van der Waals surface area contributed by atoms with Crippen molar-refractivity contribution in [2.45, 2.75) is 25.7 Å². The molecule has 27 heavy (non-hydrogen) atoms. The van der Waals surface area contributed by atoms with Crippen molar-refractivity contribution in [3.8, 4) is 0 Å². The van der Waals surface area contributed by atoms with Gasteiger partial charge >= 0.3 is 0 Å². The molecule has 0 saturated carbocycles. The number of aromatic nitrogens is 2. The molecule has 140 valence electrons. The fourth-order valence-electron chi connectivity index (χ4n) is 2.86. The van der Waals surface area contributed by atoms with E-state index < -0.39 is 0 Å². The standard InChI is InChI=1S/C21H23N3O2S/c1-2-26-14-13-20-23-24-21(27-20)22-19(25)15-18(16-9-5-3-6-10-16)17-11-7-4-8-12-17/h3-12,18H,2,13-15H2,1H3,(H,22,24,25). The molecule has 0 spiro atoms. The highest BCUT2D eigenvalue weighted by Crippen LogP contribution is 2.28. The zero-order valence-corrected chi connectivity index (χ0v) is 16.1. The summed E-state index contributed by atoms with van der Waals surface area (Å²) in [6.45, 7) is 3.26. The number of carbonyl (C=O) groups excluding carboxylic acids is 1. The third-order valence-corrected chi connectivity index (χ3v) is 5.07. The number of ether oxygens (including phenoxy) is 1. The lowest BCUT2D eigenvalue weighted by Gasteiger charge is -2.17. The van der Waals surface area contributed by atoms with Crippen LogP contribution in [0, 0.1) is 0 Å². The molecule has 3 rings (SSSR count). The number of anilines is 1. The number of hydrogen-bond donors (Lipinski definition) is 1. The Labute approximate surface area is 163 Å². The van der Waals surface area contributed by atoms with Gasteiger partial charge in [-0.15, -0.1) is 10.2 Å². The molecule has 0 aliphatic heterocycles. The lowest BCUT2D eigenvalue weighted by molar-refractivity contribution is -0.116. The summed E-state index contributed by atoms with van der Waals surface area (Å²) in [6, 6.07) is 20.2. The quantitative estimate of drug-likeness (QED) is 0.562. The molecule has 1 amide bonds. The second-order valence-electron chi connectivity index (χ2n) is 6.07. The zero-order valence-electron chi connectivity index (χ0n) is 15.3. The Balaban J connectivity index is 1.66. The molecular formula is C21H23N3O2S. The Kier molecular flexibility index (Phi) is 7.07. The van der Waals surface area contributed by atoms with Gasteiger partial charge in [0.15, 0.2) is 0 Å². The van der Waals surface area contributed by atoms with Crippen molar-refractivity contribution in [3.63, 3.8) is 0 Å². The summed E-state index contributed by atoms with van der Waals surface area (Å²) < 4.78 is 5.33. The lowest BCUT2D eigenvalue weighted by atomic mass is 9.88. The summed E-state index contributed by atoms with van der Waals surface area (Å²) in [7, 11) is 0. The van der Waals surface area contributed by atoms with E-state index in [4.69, 9.17) is 4.74 Å². The predicted octanol–water partition coefficient (Wildman–Crippen LogP) is 4.28. The molecule has 1 N–H and O–H groups in total. The van der Waals surface area contributed by atoms with Crippen molar-refractivity contribution < 1.29 is 9.53 Å². The normalized spacial score (nSPS) is 10.9. The van der Waals surface area contributed by atoms with Crippen LogP contribution in [0.5, 0.6) is 0 Å². The number of benzene rings is 2. The van der Waals surface area contributed by atoms with Crippen LogP contribution in [0.3, 0.4) is 0 Å². The van der Waals surface area contributed by atoms with E-state index in [0.717, 1.165) is 16.1 Å². The summed E-state index contributed by atoms with van der Waals surface area (Å²) in [5.74, 6) is -0.0713. The van der Waals surface area contributed by atoms with Crippen molar-refractivity contribution in [3.05, 3.63) is 76.8 Å². The van der Waals surface area contributed by atoms with Crippen LogP contribution in [0.1, 0.15) is 35.4 Å². The molecule has 5 nitrogen and oxygen atoms in total. The first-order chi connectivity index (χ1) is 13.3. The number of nitrogens with zero attached hydrogens (tertiary/aromatic N) is 2. The molecule has 0 fully saturated rings. The van der Waals surface area contributed by atoms with Crippen molar-refractivity contribution in [2.75, 3.05) is 18.5 Å². The number of rotatable bonds is 9. The van der Waals surface area contributed by atoms with Crippen molar-refractivity contribution >= 4 is 22.4 Å². The first kappa shape index (κ1) is 19.2. The van der Waals surface area contributed by atoms with Gasteiger partial charge in [-0.1, -0.05) is 72.0 Å². The minimum Gasteiger partial charge on any atom is -0.381 e. The second kappa shape index (κ2) is 9.94. The third kappa shape index (κ3) is 5.70. The first-order valence-electron chi connectivity index (χ1n) is 9.06. The fourth-order valence-corrected chi connectivity index (χ4v) is 3.60. The van der Waals surface area contributed by atoms with Gasteiger partial charge in [-0.3, -0.25) is 4.79 Å². The van der Waals surface area contributed by atoms with E-state index in [0.29, 0.717) is 31.2 Å². The van der Waals surface area contributed by atoms with E-state index in [1.54, 1.807) is 0 Å². The van der Waals surface area contributed by atoms with Crippen LogP contribution in [0.2, 0.25) is 0 Å². The van der Waals surface area contributed by atoms with Crippen molar-refractivity contribution in [1.29, 1.82) is 0 Å². The molecule has 3 aromatic rings. The van der Waals surface area contributed by atoms with Crippen molar-refractivity contribution in [1.82, 2.24) is 10.2 Å². The summed E-state index contributed by atoms with van der Waals surface area (Å²) in [5, 5.41) is 12.5. The van der Waals surface area contributed by atoms with Crippen LogP contribution in [-0.4, -0.2) is 29.3 Å². The minimum absolute atomic E-state index is 0.00209. The summed E-state index contributed by atoms with van der Waals surface area (Å²) >= 11 is 1.40. The molecule has 2 aromatic carbocycles. The second-order valence-corrected chi connectivity index (χ2v) is 7.14. The van der Waals surface area contributed by atoms with Crippen LogP contribution in [-0.2, 0) is 16.0 Å². The van der Waals surface area contributed by atoms with Crippen LogP contribution in [0.25, 0.3) is 0 Å². The van der Waals surface area contributed by atoms with E-state index in [2.05, 4.69) is 39.8 Å². The van der Waals surface area contributed by atoms with Gasteiger partial charge in [0.1, 0.15) is 5.01 Å². The fraction of sp³-hybridized carbons (Fsp3) is 0.286. The Morgan fingerprint density at radius 2 is 1.67 bits per heavy atom. The molecule has 1 aromatic heterocycles. The number of hydrogen-bond acceptors (Lipinski definition) is 5. The van der Waals surface area contributed by atoms with Gasteiger partial charge in [-0.2, -0.15) is 0 Å². The Bertz CT molecular complexity index is 797. The SMILES string of the molecule is CCOCCc1nnc(NC(=O)CC(c2ccccc2)c2ccccc2)s1. The van der Waals surface area contributed by atoms with Gasteiger partial charge < -0.3 is 10.1 Å².